The zero-order valence-electron chi connectivity index (χ0n) is 10.0. The van der Waals surface area contributed by atoms with Crippen molar-refractivity contribution < 1.29 is 0 Å². The van der Waals surface area contributed by atoms with Gasteiger partial charge in [-0.25, -0.2) is 15.0 Å². The molecule has 4 nitrogen and oxygen atoms in total. The highest BCUT2D eigenvalue weighted by molar-refractivity contribution is 6.30. The predicted octanol–water partition coefficient (Wildman–Crippen LogP) is 2.64. The van der Waals surface area contributed by atoms with E-state index in [2.05, 4.69) is 26.4 Å². The van der Waals surface area contributed by atoms with Gasteiger partial charge >= 0.3 is 0 Å². The van der Waals surface area contributed by atoms with E-state index in [9.17, 15) is 0 Å². The first-order valence-electron chi connectivity index (χ1n) is 5.68. The molecule has 0 aliphatic carbocycles. The number of imidazole rings is 1. The molecule has 0 spiro atoms. The zero-order chi connectivity index (χ0) is 12.3. The van der Waals surface area contributed by atoms with Gasteiger partial charge in [0.05, 0.1) is 5.69 Å². The molecule has 0 bridgehead atoms. The second-order valence-corrected chi connectivity index (χ2v) is 4.31. The smallest absolute Gasteiger partial charge is 0.135 e. The maximum absolute atomic E-state index is 5.98. The van der Waals surface area contributed by atoms with Crippen molar-refractivity contribution in [2.75, 3.05) is 0 Å². The third-order valence-corrected chi connectivity index (χ3v) is 3.10. The van der Waals surface area contributed by atoms with Gasteiger partial charge in [0.1, 0.15) is 17.3 Å². The minimum absolute atomic E-state index is 0.517. The summed E-state index contributed by atoms with van der Waals surface area (Å²) < 4.78 is 2.15. The summed E-state index contributed by atoms with van der Waals surface area (Å²) in [6.45, 7) is 5.06. The average Bonchev–Trinajstić information content (AvgIpc) is 2.73. The lowest BCUT2D eigenvalue weighted by molar-refractivity contribution is 0.644. The van der Waals surface area contributed by atoms with E-state index in [-0.39, 0.29) is 0 Å². The van der Waals surface area contributed by atoms with E-state index in [0.717, 1.165) is 30.0 Å². The normalized spacial score (nSPS) is 10.8. The minimum atomic E-state index is 0.517. The minimum Gasteiger partial charge on any atom is -0.335 e. The molecule has 5 heteroatoms. The molecule has 17 heavy (non-hydrogen) atoms. The molecule has 0 amide bonds. The maximum atomic E-state index is 5.98. The van der Waals surface area contributed by atoms with Crippen LogP contribution in [0, 0.1) is 6.92 Å². The van der Waals surface area contributed by atoms with Crippen molar-refractivity contribution in [1.29, 1.82) is 0 Å². The van der Waals surface area contributed by atoms with E-state index in [4.69, 9.17) is 11.6 Å². The summed E-state index contributed by atoms with van der Waals surface area (Å²) in [5, 5.41) is 0.517. The van der Waals surface area contributed by atoms with Crippen LogP contribution in [-0.2, 0) is 13.0 Å². The molecule has 0 radical (unpaired) electrons. The molecule has 90 valence electrons. The van der Waals surface area contributed by atoms with Crippen LogP contribution in [0.3, 0.4) is 0 Å². The van der Waals surface area contributed by atoms with Crippen LogP contribution >= 0.6 is 11.6 Å². The molecule has 0 aliphatic heterocycles. The summed E-state index contributed by atoms with van der Waals surface area (Å²) in [4.78, 5) is 12.6. The first-order valence-corrected chi connectivity index (χ1v) is 6.06. The van der Waals surface area contributed by atoms with Crippen LogP contribution in [-0.4, -0.2) is 19.5 Å². The van der Waals surface area contributed by atoms with Crippen molar-refractivity contribution >= 4 is 11.6 Å². The molecule has 0 aliphatic rings. The largest absolute Gasteiger partial charge is 0.335 e. The second-order valence-electron chi connectivity index (χ2n) is 3.95. The highest BCUT2D eigenvalue weighted by atomic mass is 35.5. The van der Waals surface area contributed by atoms with E-state index in [1.807, 2.05) is 19.3 Å². The van der Waals surface area contributed by atoms with Crippen LogP contribution in [0.2, 0.25) is 5.15 Å². The molecule has 2 rings (SSSR count). The Morgan fingerprint density at radius 2 is 2.12 bits per heavy atom. The summed E-state index contributed by atoms with van der Waals surface area (Å²) in [7, 11) is 0. The summed E-state index contributed by atoms with van der Waals surface area (Å²) >= 11 is 5.98. The fourth-order valence-corrected chi connectivity index (χ4v) is 1.89. The molecule has 0 unspecified atom stereocenters. The van der Waals surface area contributed by atoms with Crippen molar-refractivity contribution in [3.05, 3.63) is 41.0 Å². The molecule has 2 heterocycles. The van der Waals surface area contributed by atoms with E-state index in [0.29, 0.717) is 11.6 Å². The maximum Gasteiger partial charge on any atom is 0.135 e. The molecule has 0 atom stereocenters. The highest BCUT2D eigenvalue weighted by Gasteiger charge is 2.09. The number of halogens is 1. The molecule has 0 aromatic carbocycles. The number of hydrogen-bond donors (Lipinski definition) is 0. The summed E-state index contributed by atoms with van der Waals surface area (Å²) in [6, 6.07) is 0. The van der Waals surface area contributed by atoms with Gasteiger partial charge in [0, 0.05) is 30.9 Å². The monoisotopic (exact) mass is 250 g/mol. The standard InChI is InChI=1S/C12H15ClN4/c1-3-5-17-6-4-14-11(17)7-10-9(2)12(13)16-8-15-10/h4,6,8H,3,5,7H2,1-2H3. The Kier molecular flexibility index (Phi) is 3.74. The molecular formula is C12H15ClN4. The quantitative estimate of drug-likeness (QED) is 0.784. The van der Waals surface area contributed by atoms with Gasteiger partial charge in [-0.3, -0.25) is 0 Å². The molecule has 0 saturated carbocycles. The Balaban J connectivity index is 2.25. The molecule has 0 fully saturated rings. The van der Waals surface area contributed by atoms with Gasteiger partial charge in [0.2, 0.25) is 0 Å². The van der Waals surface area contributed by atoms with E-state index in [1.165, 1.54) is 6.33 Å². The Bertz CT molecular complexity index is 507. The Labute approximate surface area is 106 Å². The number of rotatable bonds is 4. The fraction of sp³-hybridized carbons (Fsp3) is 0.417. The first kappa shape index (κ1) is 12.0. The zero-order valence-corrected chi connectivity index (χ0v) is 10.8. The van der Waals surface area contributed by atoms with E-state index >= 15 is 0 Å². The van der Waals surface area contributed by atoms with Gasteiger partial charge in [-0.2, -0.15) is 0 Å². The fourth-order valence-electron chi connectivity index (χ4n) is 1.74. The van der Waals surface area contributed by atoms with Crippen molar-refractivity contribution in [2.45, 2.75) is 33.2 Å². The van der Waals surface area contributed by atoms with Crippen LogP contribution in [0.5, 0.6) is 0 Å². The van der Waals surface area contributed by atoms with Crippen molar-refractivity contribution in [2.24, 2.45) is 0 Å². The van der Waals surface area contributed by atoms with Crippen LogP contribution < -0.4 is 0 Å². The van der Waals surface area contributed by atoms with Gasteiger partial charge in [-0.15, -0.1) is 0 Å². The van der Waals surface area contributed by atoms with E-state index < -0.39 is 0 Å². The topological polar surface area (TPSA) is 43.6 Å². The molecule has 2 aromatic rings. The van der Waals surface area contributed by atoms with Gasteiger partial charge in [-0.1, -0.05) is 18.5 Å². The average molecular weight is 251 g/mol. The molecule has 2 aromatic heterocycles. The number of hydrogen-bond acceptors (Lipinski definition) is 3. The number of aromatic nitrogens is 4. The summed E-state index contributed by atoms with van der Waals surface area (Å²) in [5.41, 5.74) is 1.87. The molecule has 0 saturated heterocycles. The lowest BCUT2D eigenvalue weighted by Crippen LogP contribution is -2.06. The SMILES string of the molecule is CCCn1ccnc1Cc1ncnc(Cl)c1C. The van der Waals surface area contributed by atoms with Crippen LogP contribution in [0.25, 0.3) is 0 Å². The van der Waals surface area contributed by atoms with Crippen molar-refractivity contribution in [1.82, 2.24) is 19.5 Å². The highest BCUT2D eigenvalue weighted by Crippen LogP contribution is 2.16. The Hall–Kier alpha value is -1.42. The van der Waals surface area contributed by atoms with Gasteiger partial charge in [0.15, 0.2) is 0 Å². The van der Waals surface area contributed by atoms with Crippen LogP contribution in [0.1, 0.15) is 30.4 Å². The molecule has 0 N–H and O–H groups in total. The second kappa shape index (κ2) is 5.27. The van der Waals surface area contributed by atoms with Gasteiger partial charge < -0.3 is 4.57 Å². The Morgan fingerprint density at radius 1 is 1.29 bits per heavy atom. The summed E-state index contributed by atoms with van der Waals surface area (Å²) in [5.74, 6) is 1.02. The van der Waals surface area contributed by atoms with Gasteiger partial charge in [-0.05, 0) is 13.3 Å². The Morgan fingerprint density at radius 3 is 2.88 bits per heavy atom. The third-order valence-electron chi connectivity index (χ3n) is 2.72. The first-order chi connectivity index (χ1) is 8.22. The van der Waals surface area contributed by atoms with E-state index in [1.54, 1.807) is 0 Å². The van der Waals surface area contributed by atoms with Crippen molar-refractivity contribution in [3.63, 3.8) is 0 Å². The number of nitrogens with zero attached hydrogens (tertiary/aromatic N) is 4. The lowest BCUT2D eigenvalue weighted by atomic mass is 10.2. The lowest BCUT2D eigenvalue weighted by Gasteiger charge is -2.08. The predicted molar refractivity (Wildman–Crippen MR) is 67.1 cm³/mol. The van der Waals surface area contributed by atoms with Crippen LogP contribution in [0.4, 0.5) is 0 Å². The molecular weight excluding hydrogens is 236 g/mol. The van der Waals surface area contributed by atoms with Crippen molar-refractivity contribution in [3.8, 4) is 0 Å². The summed E-state index contributed by atoms with van der Waals surface area (Å²) in [6.07, 6.45) is 7.10. The third kappa shape index (κ3) is 2.64. The number of aryl methyl sites for hydroxylation is 1. The van der Waals surface area contributed by atoms with Gasteiger partial charge in [0.25, 0.3) is 0 Å². The van der Waals surface area contributed by atoms with Crippen LogP contribution in [0.15, 0.2) is 18.7 Å².